The van der Waals surface area contributed by atoms with Crippen molar-refractivity contribution in [2.24, 2.45) is 0 Å². The van der Waals surface area contributed by atoms with Gasteiger partial charge in [0.1, 0.15) is 23.7 Å². The number of aliphatic hydroxyl groups excluding tert-OH is 4. The maximum Gasteiger partial charge on any atom is 0.272 e. The predicted octanol–water partition coefficient (Wildman–Crippen LogP) is -0.0308. The minimum Gasteiger partial charge on any atom is -0.507 e. The quantitative estimate of drug-likeness (QED) is 0.303. The summed E-state index contributed by atoms with van der Waals surface area (Å²) in [5.41, 5.74) is -1.86. The Morgan fingerprint density at radius 2 is 1.45 bits per heavy atom. The maximum absolute atomic E-state index is 13.4. The zero-order chi connectivity index (χ0) is 23.9. The fraction of sp³-hybridized carbons (Fsp3) is 0.524. The first-order chi connectivity index (χ1) is 15.5. The summed E-state index contributed by atoms with van der Waals surface area (Å²) < 4.78 is 21.4. The van der Waals surface area contributed by atoms with Gasteiger partial charge in [0.25, 0.3) is 6.48 Å². The van der Waals surface area contributed by atoms with Crippen LogP contribution in [0.15, 0.2) is 11.3 Å². The molecule has 33 heavy (non-hydrogen) atoms. The van der Waals surface area contributed by atoms with Crippen molar-refractivity contribution < 1.29 is 59.2 Å². The van der Waals surface area contributed by atoms with Gasteiger partial charge in [0.2, 0.25) is 5.78 Å². The number of Topliss-reactive ketones (excluding diaryl/α,β-unsaturated/α-hetero) is 2. The topological polar surface area (TPSA) is 192 Å². The van der Waals surface area contributed by atoms with Crippen LogP contribution in [-0.2, 0) is 18.9 Å². The van der Waals surface area contributed by atoms with E-state index >= 15 is 0 Å². The molecule has 0 aromatic heterocycles. The number of phenols is 2. The monoisotopic (exact) mass is 466 g/mol. The second-order valence-electron chi connectivity index (χ2n) is 8.47. The molecule has 8 atom stereocenters. The van der Waals surface area contributed by atoms with Gasteiger partial charge in [0, 0.05) is 17.5 Å². The van der Waals surface area contributed by atoms with Crippen molar-refractivity contribution in [3.05, 3.63) is 33.6 Å². The lowest BCUT2D eigenvalue weighted by Crippen LogP contribution is -2.49. The highest BCUT2D eigenvalue weighted by atomic mass is 16.9. The van der Waals surface area contributed by atoms with E-state index in [1.165, 1.54) is 13.8 Å². The van der Waals surface area contributed by atoms with E-state index in [2.05, 4.69) is 0 Å². The number of aromatic hydroxyl groups is 2. The van der Waals surface area contributed by atoms with Crippen LogP contribution in [0.5, 0.6) is 11.5 Å². The van der Waals surface area contributed by atoms with E-state index in [9.17, 15) is 40.2 Å². The van der Waals surface area contributed by atoms with Gasteiger partial charge in [-0.25, -0.2) is 0 Å². The highest BCUT2D eigenvalue weighted by molar-refractivity contribution is 6.28. The molecule has 0 radical (unpaired) electrons. The number of hydrogen-bond acceptors (Lipinski definition) is 12. The number of hydrogen-bond donors (Lipinski definition) is 6. The number of fused-ring (bicyclic) bond motifs is 4. The van der Waals surface area contributed by atoms with Gasteiger partial charge in [-0.15, -0.1) is 0 Å². The molecule has 5 rings (SSSR count). The Hall–Kier alpha value is -2.58. The van der Waals surface area contributed by atoms with E-state index < -0.39 is 94.9 Å². The molecule has 0 bridgehead atoms. The summed E-state index contributed by atoms with van der Waals surface area (Å²) in [4.78, 5) is 26.5. The molecule has 2 saturated heterocycles. The van der Waals surface area contributed by atoms with Crippen LogP contribution in [0.4, 0.5) is 0 Å². The standard InChI is InChI=1S/C21H22O12/c1-4-8-12(19-20(31-4)33-21(29)32-19)16(26)10-11(14(8)24)18(28)17(27)9(15(10)25)7-3-6(22)13(23)5(2)30-7/h4-7,13,19-24,26-27,29H,3H2,1-2H3. The van der Waals surface area contributed by atoms with Crippen molar-refractivity contribution in [2.45, 2.75) is 69.7 Å². The molecule has 0 amide bonds. The Bertz CT molecular complexity index is 1080. The highest BCUT2D eigenvalue weighted by Crippen LogP contribution is 2.54. The van der Waals surface area contributed by atoms with Crippen molar-refractivity contribution >= 4 is 11.6 Å². The Morgan fingerprint density at radius 1 is 0.818 bits per heavy atom. The molecular formula is C21H22O12. The third kappa shape index (κ3) is 3.03. The molecule has 178 valence electrons. The average Bonchev–Trinajstić information content (AvgIpc) is 3.11. The second kappa shape index (κ2) is 7.46. The summed E-state index contributed by atoms with van der Waals surface area (Å²) >= 11 is 0. The zero-order valence-electron chi connectivity index (χ0n) is 17.5. The first-order valence-corrected chi connectivity index (χ1v) is 10.3. The van der Waals surface area contributed by atoms with Gasteiger partial charge in [-0.1, -0.05) is 0 Å². The average molecular weight is 466 g/mol. The molecule has 1 aliphatic carbocycles. The number of carbonyl (C=O) groups excluding carboxylic acids is 2. The molecule has 6 N–H and O–H groups in total. The third-order valence-corrected chi connectivity index (χ3v) is 6.51. The maximum atomic E-state index is 13.4. The molecule has 3 aliphatic heterocycles. The highest BCUT2D eigenvalue weighted by Gasteiger charge is 2.51. The first-order valence-electron chi connectivity index (χ1n) is 10.3. The summed E-state index contributed by atoms with van der Waals surface area (Å²) in [7, 11) is 0. The summed E-state index contributed by atoms with van der Waals surface area (Å²) in [6.07, 6.45) is -8.30. The van der Waals surface area contributed by atoms with Gasteiger partial charge in [-0.3, -0.25) is 14.3 Å². The van der Waals surface area contributed by atoms with Crippen LogP contribution in [-0.4, -0.2) is 79.4 Å². The molecule has 4 aliphatic rings. The smallest absolute Gasteiger partial charge is 0.272 e. The van der Waals surface area contributed by atoms with E-state index in [1.54, 1.807) is 0 Å². The number of allylic oxidation sites excluding steroid dienone is 1. The molecule has 2 fully saturated rings. The lowest BCUT2D eigenvalue weighted by Gasteiger charge is -2.38. The van der Waals surface area contributed by atoms with Gasteiger partial charge >= 0.3 is 0 Å². The summed E-state index contributed by atoms with van der Waals surface area (Å²) in [6, 6.07) is 0. The van der Waals surface area contributed by atoms with Crippen LogP contribution >= 0.6 is 0 Å². The van der Waals surface area contributed by atoms with Crippen LogP contribution in [0, 0.1) is 0 Å². The van der Waals surface area contributed by atoms with E-state index in [-0.39, 0.29) is 17.5 Å². The zero-order valence-corrected chi connectivity index (χ0v) is 17.5. The summed E-state index contributed by atoms with van der Waals surface area (Å²) in [5, 5.41) is 62.3. The Kier molecular flexibility index (Phi) is 5.03. The number of benzene rings is 1. The summed E-state index contributed by atoms with van der Waals surface area (Å²) in [6.45, 7) is 1.26. The van der Waals surface area contributed by atoms with Gasteiger partial charge in [0.05, 0.1) is 41.1 Å². The lowest BCUT2D eigenvalue weighted by molar-refractivity contribution is -0.242. The van der Waals surface area contributed by atoms with Gasteiger partial charge in [0.15, 0.2) is 17.8 Å². The van der Waals surface area contributed by atoms with Gasteiger partial charge in [-0.05, 0) is 13.8 Å². The molecular weight excluding hydrogens is 444 g/mol. The number of aliphatic hydroxyl groups is 4. The Balaban J connectivity index is 1.67. The number of rotatable bonds is 1. The first kappa shape index (κ1) is 22.2. The summed E-state index contributed by atoms with van der Waals surface area (Å²) in [5.74, 6) is -4.53. The van der Waals surface area contributed by atoms with E-state index in [4.69, 9.17) is 18.9 Å². The van der Waals surface area contributed by atoms with Crippen LogP contribution in [0.3, 0.4) is 0 Å². The normalized spacial score (nSPS) is 38.2. The molecule has 1 aromatic rings. The third-order valence-electron chi connectivity index (χ3n) is 6.51. The molecule has 0 saturated carbocycles. The number of ketones is 2. The lowest BCUT2D eigenvalue weighted by atomic mass is 9.78. The Labute approximate surface area is 186 Å². The number of carbonyl (C=O) groups is 2. The van der Waals surface area contributed by atoms with Crippen LogP contribution in [0.25, 0.3) is 0 Å². The molecule has 1 aromatic carbocycles. The second-order valence-corrected chi connectivity index (χ2v) is 8.47. The van der Waals surface area contributed by atoms with Crippen molar-refractivity contribution in [1.29, 1.82) is 0 Å². The Morgan fingerprint density at radius 3 is 2.12 bits per heavy atom. The largest absolute Gasteiger partial charge is 0.507 e. The number of phenolic OH excluding ortho intramolecular Hbond substituents is 2. The molecule has 12 nitrogen and oxygen atoms in total. The minimum atomic E-state index is -1.68. The molecule has 8 unspecified atom stereocenters. The predicted molar refractivity (Wildman–Crippen MR) is 103 cm³/mol. The van der Waals surface area contributed by atoms with Crippen LogP contribution in [0.1, 0.15) is 64.3 Å². The van der Waals surface area contributed by atoms with E-state index in [0.29, 0.717) is 0 Å². The minimum absolute atomic E-state index is 0.0521. The van der Waals surface area contributed by atoms with Gasteiger partial charge < -0.3 is 44.8 Å². The van der Waals surface area contributed by atoms with Crippen LogP contribution in [0.2, 0.25) is 0 Å². The van der Waals surface area contributed by atoms with Crippen molar-refractivity contribution in [3.63, 3.8) is 0 Å². The van der Waals surface area contributed by atoms with Crippen LogP contribution < -0.4 is 0 Å². The fourth-order valence-electron chi connectivity index (χ4n) is 4.92. The van der Waals surface area contributed by atoms with Crippen molar-refractivity contribution in [1.82, 2.24) is 0 Å². The van der Waals surface area contributed by atoms with Crippen molar-refractivity contribution in [3.8, 4) is 11.5 Å². The SMILES string of the molecule is CC1OC2OC(O)OC2c2c(O)c3c(c(O)c21)C(=O)C(O)=C(C1CC(O)C(O)C(C)O1)C3=O. The molecule has 0 spiro atoms. The molecule has 12 heteroatoms. The van der Waals surface area contributed by atoms with E-state index in [0.717, 1.165) is 0 Å². The molecule has 3 heterocycles. The van der Waals surface area contributed by atoms with E-state index in [1.807, 2.05) is 0 Å². The fourth-order valence-corrected chi connectivity index (χ4v) is 4.92. The number of ether oxygens (including phenoxy) is 4. The van der Waals surface area contributed by atoms with Crippen molar-refractivity contribution in [2.75, 3.05) is 0 Å². The van der Waals surface area contributed by atoms with Gasteiger partial charge in [-0.2, -0.15) is 0 Å².